The molecule has 1 aromatic carbocycles. The summed E-state index contributed by atoms with van der Waals surface area (Å²) < 4.78 is 29.6. The summed E-state index contributed by atoms with van der Waals surface area (Å²) in [6.45, 7) is 4.89. The van der Waals surface area contributed by atoms with E-state index in [-0.39, 0.29) is 10.5 Å². The summed E-state index contributed by atoms with van der Waals surface area (Å²) in [6.07, 6.45) is 1.45. The lowest BCUT2D eigenvalue weighted by atomic mass is 9.98. The standard InChI is InChI=1S/C15H22O3S/c1-12-8-15(9-13(2)19(12,16)17)11-18-10-14-6-4-3-5-7-14/h3-7,12-13,15H,8-11H2,1-2H3/t12-,13+,15?. The zero-order valence-corrected chi connectivity index (χ0v) is 12.4. The predicted molar refractivity (Wildman–Crippen MR) is 76.7 cm³/mol. The van der Waals surface area contributed by atoms with E-state index in [1.165, 1.54) is 0 Å². The van der Waals surface area contributed by atoms with Crippen LogP contribution < -0.4 is 0 Å². The van der Waals surface area contributed by atoms with Crippen molar-refractivity contribution in [2.75, 3.05) is 6.61 Å². The lowest BCUT2D eigenvalue weighted by Gasteiger charge is -2.31. The van der Waals surface area contributed by atoms with E-state index in [1.807, 2.05) is 44.2 Å². The summed E-state index contributed by atoms with van der Waals surface area (Å²) in [5.74, 6) is 0.359. The Hall–Kier alpha value is -0.870. The number of benzene rings is 1. The molecule has 3 nitrogen and oxygen atoms in total. The van der Waals surface area contributed by atoms with Gasteiger partial charge in [-0.05, 0) is 38.2 Å². The third-order valence-corrected chi connectivity index (χ3v) is 6.55. The summed E-state index contributed by atoms with van der Waals surface area (Å²) in [5.41, 5.74) is 1.16. The summed E-state index contributed by atoms with van der Waals surface area (Å²) in [4.78, 5) is 0. The molecule has 0 aromatic heterocycles. The number of sulfone groups is 1. The van der Waals surface area contributed by atoms with Gasteiger partial charge < -0.3 is 4.74 Å². The molecule has 0 radical (unpaired) electrons. The van der Waals surface area contributed by atoms with E-state index >= 15 is 0 Å². The molecule has 0 spiro atoms. The molecule has 0 saturated carbocycles. The Labute approximate surface area is 115 Å². The smallest absolute Gasteiger partial charge is 0.155 e. The highest BCUT2D eigenvalue weighted by Crippen LogP contribution is 2.30. The van der Waals surface area contributed by atoms with Crippen LogP contribution >= 0.6 is 0 Å². The maximum Gasteiger partial charge on any atom is 0.155 e. The van der Waals surface area contributed by atoms with Crippen molar-refractivity contribution in [2.24, 2.45) is 5.92 Å². The average Bonchev–Trinajstić information content (AvgIpc) is 2.38. The van der Waals surface area contributed by atoms with Crippen molar-refractivity contribution in [2.45, 2.75) is 43.8 Å². The first-order valence-electron chi connectivity index (χ1n) is 6.84. The lowest BCUT2D eigenvalue weighted by Crippen LogP contribution is -2.38. The maximum atomic E-state index is 11.9. The van der Waals surface area contributed by atoms with Gasteiger partial charge in [-0.3, -0.25) is 0 Å². The second kappa shape index (κ2) is 6.06. The average molecular weight is 282 g/mol. The molecule has 1 aliphatic heterocycles. The molecule has 0 bridgehead atoms. The number of hydrogen-bond acceptors (Lipinski definition) is 3. The molecule has 0 amide bonds. The molecular weight excluding hydrogens is 260 g/mol. The third kappa shape index (κ3) is 3.57. The Morgan fingerprint density at radius 2 is 1.68 bits per heavy atom. The molecule has 2 rings (SSSR count). The minimum Gasteiger partial charge on any atom is -0.376 e. The van der Waals surface area contributed by atoms with Crippen molar-refractivity contribution >= 4 is 9.84 Å². The summed E-state index contributed by atoms with van der Waals surface area (Å²) in [6, 6.07) is 10.1. The number of ether oxygens (including phenoxy) is 1. The first-order chi connectivity index (χ1) is 9.00. The highest BCUT2D eigenvalue weighted by molar-refractivity contribution is 7.92. The van der Waals surface area contributed by atoms with Crippen LogP contribution in [0.15, 0.2) is 30.3 Å². The normalized spacial score (nSPS) is 30.1. The van der Waals surface area contributed by atoms with Gasteiger partial charge in [0.1, 0.15) is 0 Å². The largest absolute Gasteiger partial charge is 0.376 e. The van der Waals surface area contributed by atoms with Crippen LogP contribution in [0.3, 0.4) is 0 Å². The molecule has 0 aliphatic carbocycles. The maximum absolute atomic E-state index is 11.9. The fourth-order valence-electron chi connectivity index (χ4n) is 2.75. The fourth-order valence-corrected chi connectivity index (χ4v) is 4.63. The van der Waals surface area contributed by atoms with Gasteiger partial charge in [0.2, 0.25) is 0 Å². The van der Waals surface area contributed by atoms with Crippen molar-refractivity contribution in [3.8, 4) is 0 Å². The van der Waals surface area contributed by atoms with Crippen molar-refractivity contribution < 1.29 is 13.2 Å². The number of hydrogen-bond donors (Lipinski definition) is 0. The molecule has 1 aliphatic rings. The first-order valence-corrected chi connectivity index (χ1v) is 8.45. The lowest BCUT2D eigenvalue weighted by molar-refractivity contribution is 0.0792. The van der Waals surface area contributed by atoms with Gasteiger partial charge in [0.25, 0.3) is 0 Å². The first kappa shape index (κ1) is 14.5. The van der Waals surface area contributed by atoms with E-state index in [2.05, 4.69) is 0 Å². The topological polar surface area (TPSA) is 43.4 Å². The van der Waals surface area contributed by atoms with E-state index in [0.29, 0.717) is 19.1 Å². The molecule has 1 heterocycles. The summed E-state index contributed by atoms with van der Waals surface area (Å²) in [5, 5.41) is -0.469. The Kier molecular flexibility index (Phi) is 4.63. The predicted octanol–water partition coefficient (Wildman–Crippen LogP) is 2.81. The molecule has 1 saturated heterocycles. The minimum atomic E-state index is -2.91. The van der Waals surface area contributed by atoms with Crippen molar-refractivity contribution in [3.05, 3.63) is 35.9 Å². The molecule has 3 atom stereocenters. The van der Waals surface area contributed by atoms with E-state index in [9.17, 15) is 8.42 Å². The highest BCUT2D eigenvalue weighted by Gasteiger charge is 2.36. The molecule has 106 valence electrons. The Morgan fingerprint density at radius 3 is 2.26 bits per heavy atom. The minimum absolute atomic E-state index is 0.235. The SMILES string of the molecule is C[C@@H]1CC(COCc2ccccc2)C[C@H](C)S1(=O)=O. The molecule has 4 heteroatoms. The Balaban J connectivity index is 1.82. The van der Waals surface area contributed by atoms with Crippen molar-refractivity contribution in [3.63, 3.8) is 0 Å². The molecular formula is C15H22O3S. The Morgan fingerprint density at radius 1 is 1.11 bits per heavy atom. The van der Waals surface area contributed by atoms with Gasteiger partial charge in [0.15, 0.2) is 9.84 Å². The molecule has 1 aromatic rings. The van der Waals surface area contributed by atoms with Crippen LogP contribution in [0.5, 0.6) is 0 Å². The second-order valence-electron chi connectivity index (χ2n) is 5.55. The summed E-state index contributed by atoms with van der Waals surface area (Å²) >= 11 is 0. The van der Waals surface area contributed by atoms with Crippen LogP contribution in [0.2, 0.25) is 0 Å². The zero-order chi connectivity index (χ0) is 13.9. The second-order valence-corrected chi connectivity index (χ2v) is 8.34. The van der Waals surface area contributed by atoms with Gasteiger partial charge in [-0.15, -0.1) is 0 Å². The summed E-state index contributed by atoms with van der Waals surface area (Å²) in [7, 11) is -2.91. The van der Waals surface area contributed by atoms with Crippen LogP contribution in [0.25, 0.3) is 0 Å². The van der Waals surface area contributed by atoms with E-state index in [4.69, 9.17) is 4.74 Å². The van der Waals surface area contributed by atoms with E-state index in [0.717, 1.165) is 18.4 Å². The molecule has 1 unspecified atom stereocenters. The van der Waals surface area contributed by atoms with Gasteiger partial charge >= 0.3 is 0 Å². The fraction of sp³-hybridized carbons (Fsp3) is 0.600. The highest BCUT2D eigenvalue weighted by atomic mass is 32.2. The van der Waals surface area contributed by atoms with E-state index < -0.39 is 9.84 Å². The van der Waals surface area contributed by atoms with E-state index in [1.54, 1.807) is 0 Å². The van der Waals surface area contributed by atoms with Gasteiger partial charge in [0.05, 0.1) is 17.1 Å². The van der Waals surface area contributed by atoms with Crippen LogP contribution in [-0.4, -0.2) is 25.5 Å². The Bertz CT molecular complexity index is 477. The van der Waals surface area contributed by atoms with Crippen molar-refractivity contribution in [1.29, 1.82) is 0 Å². The van der Waals surface area contributed by atoms with Gasteiger partial charge in [-0.25, -0.2) is 8.42 Å². The molecule has 19 heavy (non-hydrogen) atoms. The van der Waals surface area contributed by atoms with Crippen LogP contribution in [0.1, 0.15) is 32.3 Å². The molecule has 1 fully saturated rings. The number of rotatable bonds is 4. The molecule has 0 N–H and O–H groups in total. The van der Waals surface area contributed by atoms with Gasteiger partial charge in [-0.2, -0.15) is 0 Å². The van der Waals surface area contributed by atoms with Gasteiger partial charge in [-0.1, -0.05) is 30.3 Å². The zero-order valence-electron chi connectivity index (χ0n) is 11.6. The van der Waals surface area contributed by atoms with Gasteiger partial charge in [0, 0.05) is 6.61 Å². The third-order valence-electron chi connectivity index (χ3n) is 3.92. The van der Waals surface area contributed by atoms with Crippen LogP contribution in [-0.2, 0) is 21.2 Å². The van der Waals surface area contributed by atoms with Crippen LogP contribution in [0, 0.1) is 5.92 Å². The quantitative estimate of drug-likeness (QED) is 0.853. The van der Waals surface area contributed by atoms with Crippen LogP contribution in [0.4, 0.5) is 0 Å². The monoisotopic (exact) mass is 282 g/mol. The van der Waals surface area contributed by atoms with Crippen molar-refractivity contribution in [1.82, 2.24) is 0 Å².